The molecule has 0 unspecified atom stereocenters. The van der Waals surface area contributed by atoms with Gasteiger partial charge in [-0.3, -0.25) is 0 Å². The number of hydrogen-bond acceptors (Lipinski definition) is 5. The first-order valence-electron chi connectivity index (χ1n) is 11.2. The third kappa shape index (κ3) is 5.87. The Bertz CT molecular complexity index is 1470. The first kappa shape index (κ1) is 27.3. The van der Waals surface area contributed by atoms with Crippen LogP contribution in [0.15, 0.2) is 60.7 Å². The summed E-state index contributed by atoms with van der Waals surface area (Å²) in [7, 11) is 1.85. The SMILES string of the molecule is Cc1cc(OCc2c(C(F)(F)F)nnn2-c2c(Cl)cccc2Cl)ccc1N(C)Cc1cccc(C(=O)O)c1. The highest BCUT2D eigenvalue weighted by Crippen LogP contribution is 2.35. The van der Waals surface area contributed by atoms with Crippen molar-refractivity contribution in [3.05, 3.63) is 98.8 Å². The van der Waals surface area contributed by atoms with Gasteiger partial charge in [-0.15, -0.1) is 5.10 Å². The minimum Gasteiger partial charge on any atom is -0.487 e. The lowest BCUT2D eigenvalue weighted by atomic mass is 10.1. The largest absolute Gasteiger partial charge is 0.487 e. The van der Waals surface area contributed by atoms with E-state index in [2.05, 4.69) is 10.3 Å². The van der Waals surface area contributed by atoms with E-state index in [1.165, 1.54) is 18.2 Å². The van der Waals surface area contributed by atoms with Gasteiger partial charge in [0, 0.05) is 19.3 Å². The van der Waals surface area contributed by atoms with Crippen LogP contribution in [0.3, 0.4) is 0 Å². The maximum atomic E-state index is 13.7. The molecule has 1 heterocycles. The molecule has 0 spiro atoms. The summed E-state index contributed by atoms with van der Waals surface area (Å²) in [5.74, 6) is -0.673. The van der Waals surface area contributed by atoms with E-state index < -0.39 is 24.4 Å². The normalized spacial score (nSPS) is 11.4. The molecule has 38 heavy (non-hydrogen) atoms. The van der Waals surface area contributed by atoms with Crippen LogP contribution in [0.4, 0.5) is 18.9 Å². The van der Waals surface area contributed by atoms with Gasteiger partial charge >= 0.3 is 12.1 Å². The number of aryl methyl sites for hydroxylation is 1. The fourth-order valence-corrected chi connectivity index (χ4v) is 4.54. The molecule has 1 aromatic heterocycles. The predicted octanol–water partition coefficient (Wildman–Crippen LogP) is 6.81. The van der Waals surface area contributed by atoms with Gasteiger partial charge in [0.25, 0.3) is 0 Å². The molecule has 0 saturated carbocycles. The molecule has 0 atom stereocenters. The lowest BCUT2D eigenvalue weighted by Crippen LogP contribution is -2.18. The number of nitrogens with zero attached hydrogens (tertiary/aromatic N) is 4. The Morgan fingerprint density at radius 2 is 1.76 bits per heavy atom. The summed E-state index contributed by atoms with van der Waals surface area (Å²) in [6.45, 7) is 1.78. The third-order valence-corrected chi connectivity index (χ3v) is 6.34. The second-order valence-electron chi connectivity index (χ2n) is 8.46. The van der Waals surface area contributed by atoms with E-state index in [0.717, 1.165) is 21.5 Å². The van der Waals surface area contributed by atoms with E-state index >= 15 is 0 Å². The molecule has 0 aliphatic carbocycles. The standard InChI is InChI=1S/C26H21Cl2F3N4O3/c1-15-11-18(9-10-21(15)34(2)13-16-5-3-6-17(12-16)25(36)37)38-14-22-24(26(29,30)31)32-33-35(22)23-19(27)7-4-8-20(23)28/h3-12H,13-14H2,1-2H3,(H,36,37). The Kier molecular flexibility index (Phi) is 7.84. The molecule has 0 bridgehead atoms. The van der Waals surface area contributed by atoms with Crippen molar-refractivity contribution in [3.63, 3.8) is 0 Å². The molecule has 0 aliphatic rings. The summed E-state index contributed by atoms with van der Waals surface area (Å²) in [4.78, 5) is 13.2. The van der Waals surface area contributed by atoms with E-state index in [1.807, 2.05) is 24.9 Å². The summed E-state index contributed by atoms with van der Waals surface area (Å²) in [6.07, 6.45) is -4.77. The summed E-state index contributed by atoms with van der Waals surface area (Å²) in [6, 6.07) is 16.3. The highest BCUT2D eigenvalue weighted by atomic mass is 35.5. The second kappa shape index (κ2) is 10.9. The number of rotatable bonds is 8. The monoisotopic (exact) mass is 564 g/mol. The Morgan fingerprint density at radius 3 is 2.39 bits per heavy atom. The molecule has 4 rings (SSSR count). The average molecular weight is 565 g/mol. The molecule has 0 radical (unpaired) electrons. The van der Waals surface area contributed by atoms with Gasteiger partial charge in [-0.05, 0) is 60.5 Å². The number of halogens is 5. The van der Waals surface area contributed by atoms with Crippen LogP contribution in [-0.2, 0) is 19.3 Å². The maximum absolute atomic E-state index is 13.7. The van der Waals surface area contributed by atoms with Crippen LogP contribution in [0.2, 0.25) is 10.0 Å². The number of aromatic nitrogens is 3. The van der Waals surface area contributed by atoms with Gasteiger partial charge in [-0.1, -0.05) is 46.6 Å². The fourth-order valence-electron chi connectivity index (χ4n) is 3.98. The van der Waals surface area contributed by atoms with Gasteiger partial charge < -0.3 is 14.7 Å². The summed E-state index contributed by atoms with van der Waals surface area (Å²) < 4.78 is 47.7. The van der Waals surface area contributed by atoms with E-state index in [-0.39, 0.29) is 27.0 Å². The van der Waals surface area contributed by atoms with Crippen LogP contribution in [0, 0.1) is 6.92 Å². The van der Waals surface area contributed by atoms with E-state index in [4.69, 9.17) is 27.9 Å². The molecule has 0 amide bonds. The van der Waals surface area contributed by atoms with Crippen LogP contribution in [0.1, 0.15) is 32.9 Å². The van der Waals surface area contributed by atoms with Crippen LogP contribution in [-0.4, -0.2) is 33.1 Å². The van der Waals surface area contributed by atoms with E-state index in [1.54, 1.807) is 36.4 Å². The quantitative estimate of drug-likeness (QED) is 0.253. The number of anilines is 1. The highest BCUT2D eigenvalue weighted by molar-refractivity contribution is 6.37. The Hall–Kier alpha value is -3.76. The number of para-hydroxylation sites is 1. The zero-order valence-corrected chi connectivity index (χ0v) is 21.6. The van der Waals surface area contributed by atoms with Crippen LogP contribution in [0.5, 0.6) is 5.75 Å². The van der Waals surface area contributed by atoms with Crippen molar-refractivity contribution < 1.29 is 27.8 Å². The Morgan fingerprint density at radius 1 is 1.08 bits per heavy atom. The molecule has 0 aliphatic heterocycles. The lowest BCUT2D eigenvalue weighted by Gasteiger charge is -2.22. The molecule has 12 heteroatoms. The van der Waals surface area contributed by atoms with Crippen molar-refractivity contribution in [1.82, 2.24) is 15.0 Å². The minimum atomic E-state index is -4.77. The lowest BCUT2D eigenvalue weighted by molar-refractivity contribution is -0.142. The second-order valence-corrected chi connectivity index (χ2v) is 9.28. The summed E-state index contributed by atoms with van der Waals surface area (Å²) in [5, 5.41) is 16.4. The number of benzene rings is 3. The number of hydrogen-bond donors (Lipinski definition) is 1. The van der Waals surface area contributed by atoms with Crippen molar-refractivity contribution in [2.45, 2.75) is 26.3 Å². The number of carboxylic acid groups (broad SMARTS) is 1. The molecule has 1 N–H and O–H groups in total. The average Bonchev–Trinajstić information content (AvgIpc) is 3.27. The zero-order valence-electron chi connectivity index (χ0n) is 20.1. The van der Waals surface area contributed by atoms with Crippen molar-refractivity contribution >= 4 is 34.9 Å². The zero-order chi connectivity index (χ0) is 27.6. The van der Waals surface area contributed by atoms with Crippen LogP contribution in [0.25, 0.3) is 5.69 Å². The summed E-state index contributed by atoms with van der Waals surface area (Å²) >= 11 is 12.4. The van der Waals surface area contributed by atoms with Gasteiger partial charge in [0.05, 0.1) is 15.6 Å². The topological polar surface area (TPSA) is 80.5 Å². The fraction of sp³-hybridized carbons (Fsp3) is 0.192. The smallest absolute Gasteiger partial charge is 0.437 e. The van der Waals surface area contributed by atoms with E-state index in [0.29, 0.717) is 12.3 Å². The number of alkyl halides is 3. The number of carbonyl (C=O) groups is 1. The number of aromatic carboxylic acids is 1. The van der Waals surface area contributed by atoms with Crippen molar-refractivity contribution in [2.75, 3.05) is 11.9 Å². The number of ether oxygens (including phenoxy) is 1. The van der Waals surface area contributed by atoms with E-state index in [9.17, 15) is 23.1 Å². The van der Waals surface area contributed by atoms with Gasteiger partial charge in [-0.25, -0.2) is 9.48 Å². The first-order chi connectivity index (χ1) is 18.0. The molecule has 198 valence electrons. The van der Waals surface area contributed by atoms with Gasteiger partial charge in [0.15, 0.2) is 5.69 Å². The number of carboxylic acids is 1. The highest BCUT2D eigenvalue weighted by Gasteiger charge is 2.39. The third-order valence-electron chi connectivity index (χ3n) is 5.73. The molecule has 0 fully saturated rings. The molecule has 3 aromatic carbocycles. The van der Waals surface area contributed by atoms with Gasteiger partial charge in [-0.2, -0.15) is 13.2 Å². The van der Waals surface area contributed by atoms with Crippen LogP contribution >= 0.6 is 23.2 Å². The molecular weight excluding hydrogens is 544 g/mol. The molecular formula is C26H21Cl2F3N4O3. The molecule has 4 aromatic rings. The minimum absolute atomic E-state index is 0.0672. The van der Waals surface area contributed by atoms with Gasteiger partial charge in [0.2, 0.25) is 0 Å². The maximum Gasteiger partial charge on any atom is 0.437 e. The molecule has 7 nitrogen and oxygen atoms in total. The van der Waals surface area contributed by atoms with Crippen molar-refractivity contribution in [3.8, 4) is 11.4 Å². The molecule has 0 saturated heterocycles. The van der Waals surface area contributed by atoms with Crippen molar-refractivity contribution in [1.29, 1.82) is 0 Å². The first-order valence-corrected chi connectivity index (χ1v) is 11.9. The van der Waals surface area contributed by atoms with Crippen molar-refractivity contribution in [2.24, 2.45) is 0 Å². The predicted molar refractivity (Wildman–Crippen MR) is 137 cm³/mol. The Labute approximate surface area is 226 Å². The summed E-state index contributed by atoms with van der Waals surface area (Å²) in [5.41, 5.74) is 1.15. The van der Waals surface area contributed by atoms with Gasteiger partial charge in [0.1, 0.15) is 23.7 Å². The van der Waals surface area contributed by atoms with Crippen LogP contribution < -0.4 is 9.64 Å². The Balaban J connectivity index is 1.56.